The van der Waals surface area contributed by atoms with Crippen molar-refractivity contribution in [2.45, 2.75) is 13.0 Å². The number of benzene rings is 2. The first kappa shape index (κ1) is 22.0. The Kier molecular flexibility index (Phi) is 6.92. The Morgan fingerprint density at radius 2 is 1.71 bits per heavy atom. The Morgan fingerprint density at radius 1 is 1.11 bits per heavy atom. The van der Waals surface area contributed by atoms with Gasteiger partial charge in [-0.05, 0) is 43.3 Å². The SMILES string of the molecule is COC(=O)c1cccc(NC(=O)[C@@H](C)N(c2cc(Cl)cc(Cl)c2)S(C)(=O)=O)c1. The lowest BCUT2D eigenvalue weighted by atomic mass is 10.2. The van der Waals surface area contributed by atoms with Gasteiger partial charge in [0.05, 0.1) is 24.6 Å². The number of halogens is 2. The molecule has 0 radical (unpaired) electrons. The predicted molar refractivity (Wildman–Crippen MR) is 110 cm³/mol. The number of sulfonamides is 1. The summed E-state index contributed by atoms with van der Waals surface area (Å²) in [5.74, 6) is -1.17. The first-order chi connectivity index (χ1) is 13.0. The summed E-state index contributed by atoms with van der Waals surface area (Å²) in [7, 11) is -2.59. The van der Waals surface area contributed by atoms with E-state index in [4.69, 9.17) is 23.2 Å². The van der Waals surface area contributed by atoms with Crippen LogP contribution in [-0.2, 0) is 19.6 Å². The van der Waals surface area contributed by atoms with Crippen LogP contribution < -0.4 is 9.62 Å². The number of hydrogen-bond acceptors (Lipinski definition) is 5. The van der Waals surface area contributed by atoms with Crippen molar-refractivity contribution >= 4 is 56.5 Å². The zero-order chi connectivity index (χ0) is 21.1. The van der Waals surface area contributed by atoms with Crippen molar-refractivity contribution in [3.63, 3.8) is 0 Å². The molecule has 28 heavy (non-hydrogen) atoms. The summed E-state index contributed by atoms with van der Waals surface area (Å²) >= 11 is 11.9. The summed E-state index contributed by atoms with van der Waals surface area (Å²) in [5, 5.41) is 3.06. The maximum Gasteiger partial charge on any atom is 0.337 e. The van der Waals surface area contributed by atoms with Gasteiger partial charge in [-0.2, -0.15) is 0 Å². The van der Waals surface area contributed by atoms with Gasteiger partial charge in [-0.3, -0.25) is 9.10 Å². The Bertz CT molecular complexity index is 991. The molecule has 0 aliphatic rings. The van der Waals surface area contributed by atoms with Gasteiger partial charge in [0, 0.05) is 15.7 Å². The third-order valence-corrected chi connectivity index (χ3v) is 5.42. The molecule has 0 saturated carbocycles. The number of hydrogen-bond donors (Lipinski definition) is 1. The number of carbonyl (C=O) groups excluding carboxylic acids is 2. The van der Waals surface area contributed by atoms with Crippen LogP contribution in [0, 0.1) is 0 Å². The third-order valence-electron chi connectivity index (χ3n) is 3.74. The number of nitrogens with one attached hydrogen (secondary N) is 1. The second kappa shape index (κ2) is 8.81. The standard InChI is InChI=1S/C18H18Cl2N2O5S/c1-11(17(23)21-15-6-4-5-12(7-15)18(24)27-2)22(28(3,25)26)16-9-13(19)8-14(20)10-16/h4-11H,1-3H3,(H,21,23)/t11-/m1/s1. The minimum absolute atomic E-state index is 0.158. The van der Waals surface area contributed by atoms with E-state index in [1.54, 1.807) is 12.1 Å². The molecule has 10 heteroatoms. The maximum atomic E-state index is 12.7. The second-order valence-corrected chi connectivity index (χ2v) is 8.66. The summed E-state index contributed by atoms with van der Waals surface area (Å²) in [6.45, 7) is 1.43. The second-order valence-electron chi connectivity index (χ2n) is 5.92. The summed E-state index contributed by atoms with van der Waals surface area (Å²) in [4.78, 5) is 24.3. The number of anilines is 2. The highest BCUT2D eigenvalue weighted by atomic mass is 35.5. The third kappa shape index (κ3) is 5.37. The lowest BCUT2D eigenvalue weighted by molar-refractivity contribution is -0.116. The molecule has 1 atom stereocenters. The molecule has 0 aromatic heterocycles. The average molecular weight is 445 g/mol. The van der Waals surface area contributed by atoms with Crippen molar-refractivity contribution in [1.29, 1.82) is 0 Å². The van der Waals surface area contributed by atoms with Crippen LogP contribution in [0.15, 0.2) is 42.5 Å². The van der Waals surface area contributed by atoms with E-state index in [9.17, 15) is 18.0 Å². The van der Waals surface area contributed by atoms with Crippen molar-refractivity contribution in [2.24, 2.45) is 0 Å². The molecule has 1 amide bonds. The van der Waals surface area contributed by atoms with Gasteiger partial charge < -0.3 is 10.1 Å². The molecule has 0 saturated heterocycles. The van der Waals surface area contributed by atoms with Crippen LogP contribution in [0.1, 0.15) is 17.3 Å². The van der Waals surface area contributed by atoms with Gasteiger partial charge in [0.1, 0.15) is 6.04 Å². The van der Waals surface area contributed by atoms with Crippen molar-refractivity contribution in [3.05, 3.63) is 58.1 Å². The van der Waals surface area contributed by atoms with Gasteiger partial charge in [-0.15, -0.1) is 0 Å². The molecule has 7 nitrogen and oxygen atoms in total. The van der Waals surface area contributed by atoms with Gasteiger partial charge in [0.25, 0.3) is 0 Å². The monoisotopic (exact) mass is 444 g/mol. The molecular weight excluding hydrogens is 427 g/mol. The maximum absolute atomic E-state index is 12.7. The normalized spacial score (nSPS) is 12.2. The molecule has 150 valence electrons. The lowest BCUT2D eigenvalue weighted by Gasteiger charge is -2.28. The molecule has 0 heterocycles. The van der Waals surface area contributed by atoms with Gasteiger partial charge >= 0.3 is 5.97 Å². The quantitative estimate of drug-likeness (QED) is 0.687. The number of rotatable bonds is 6. The van der Waals surface area contributed by atoms with Crippen molar-refractivity contribution in [3.8, 4) is 0 Å². The van der Waals surface area contributed by atoms with Gasteiger partial charge in [-0.25, -0.2) is 13.2 Å². The summed E-state index contributed by atoms with van der Waals surface area (Å²) < 4.78 is 30.2. The Hall–Kier alpha value is -2.29. The molecule has 0 fully saturated rings. The molecule has 1 N–H and O–H groups in total. The largest absolute Gasteiger partial charge is 0.465 e. The van der Waals surface area contributed by atoms with E-state index in [2.05, 4.69) is 10.1 Å². The fourth-order valence-electron chi connectivity index (χ4n) is 2.56. The lowest BCUT2D eigenvalue weighted by Crippen LogP contribution is -2.45. The highest BCUT2D eigenvalue weighted by molar-refractivity contribution is 7.92. The number of ether oxygens (including phenoxy) is 1. The molecule has 0 bridgehead atoms. The Morgan fingerprint density at radius 3 is 2.25 bits per heavy atom. The van der Waals surface area contributed by atoms with Crippen LogP contribution in [0.5, 0.6) is 0 Å². The van der Waals surface area contributed by atoms with Crippen LogP contribution in [-0.4, -0.2) is 39.7 Å². The van der Waals surface area contributed by atoms with Crippen LogP contribution in [0.3, 0.4) is 0 Å². The van der Waals surface area contributed by atoms with E-state index in [0.717, 1.165) is 10.6 Å². The highest BCUT2D eigenvalue weighted by Gasteiger charge is 2.29. The van der Waals surface area contributed by atoms with Crippen molar-refractivity contribution in [2.75, 3.05) is 23.0 Å². The molecule has 0 spiro atoms. The zero-order valence-electron chi connectivity index (χ0n) is 15.3. The van der Waals surface area contributed by atoms with E-state index >= 15 is 0 Å². The minimum atomic E-state index is -3.83. The van der Waals surface area contributed by atoms with Gasteiger partial charge in [0.15, 0.2) is 0 Å². The Balaban J connectivity index is 2.33. The summed E-state index contributed by atoms with van der Waals surface area (Å²) in [5.41, 5.74) is 0.720. The van der Waals surface area contributed by atoms with E-state index in [-0.39, 0.29) is 21.3 Å². The molecule has 2 rings (SSSR count). The number of nitrogens with zero attached hydrogens (tertiary/aromatic N) is 1. The predicted octanol–water partition coefficient (Wildman–Crippen LogP) is 3.57. The number of amides is 1. The molecule has 2 aromatic carbocycles. The molecular formula is C18H18Cl2N2O5S. The van der Waals surface area contributed by atoms with Crippen LogP contribution >= 0.6 is 23.2 Å². The number of carbonyl (C=O) groups is 2. The number of esters is 1. The van der Waals surface area contributed by atoms with Crippen LogP contribution in [0.4, 0.5) is 11.4 Å². The number of methoxy groups -OCH3 is 1. The van der Waals surface area contributed by atoms with Crippen molar-refractivity contribution in [1.82, 2.24) is 0 Å². The topological polar surface area (TPSA) is 92.8 Å². The summed E-state index contributed by atoms with van der Waals surface area (Å²) in [6.07, 6.45) is 0.976. The molecule has 2 aromatic rings. The Labute approximate surface area is 173 Å². The smallest absolute Gasteiger partial charge is 0.337 e. The average Bonchev–Trinajstić information content (AvgIpc) is 2.59. The first-order valence-electron chi connectivity index (χ1n) is 7.97. The molecule has 0 unspecified atom stereocenters. The fraction of sp³-hybridized carbons (Fsp3) is 0.222. The van der Waals surface area contributed by atoms with Gasteiger partial charge in [0.2, 0.25) is 15.9 Å². The summed E-state index contributed by atoms with van der Waals surface area (Å²) in [6, 6.07) is 9.23. The highest BCUT2D eigenvalue weighted by Crippen LogP contribution is 2.29. The molecule has 0 aliphatic heterocycles. The van der Waals surface area contributed by atoms with Crippen LogP contribution in [0.2, 0.25) is 10.0 Å². The zero-order valence-corrected chi connectivity index (χ0v) is 17.6. The van der Waals surface area contributed by atoms with Gasteiger partial charge in [-0.1, -0.05) is 29.3 Å². The molecule has 0 aliphatic carbocycles. The van der Waals surface area contributed by atoms with E-state index < -0.39 is 27.9 Å². The first-order valence-corrected chi connectivity index (χ1v) is 10.6. The van der Waals surface area contributed by atoms with E-state index in [1.807, 2.05) is 0 Å². The van der Waals surface area contributed by atoms with E-state index in [1.165, 1.54) is 44.4 Å². The van der Waals surface area contributed by atoms with Crippen molar-refractivity contribution < 1.29 is 22.7 Å². The fourth-order valence-corrected chi connectivity index (χ4v) is 4.24. The van der Waals surface area contributed by atoms with E-state index in [0.29, 0.717) is 5.69 Å². The minimum Gasteiger partial charge on any atom is -0.465 e. The van der Waals surface area contributed by atoms with Crippen LogP contribution in [0.25, 0.3) is 0 Å².